The second-order valence-electron chi connectivity index (χ2n) is 4.48. The molecule has 104 valence electrons. The van der Waals surface area contributed by atoms with Crippen molar-refractivity contribution < 1.29 is 9.31 Å². The SMILES string of the molecule is O=[N+]([O-])c1cc(F)c(Br)cc1NCC1CCSCC1. The summed E-state index contributed by atoms with van der Waals surface area (Å²) in [4.78, 5) is 10.4. The van der Waals surface area contributed by atoms with Crippen molar-refractivity contribution in [3.63, 3.8) is 0 Å². The van der Waals surface area contributed by atoms with Crippen molar-refractivity contribution in [3.8, 4) is 0 Å². The van der Waals surface area contributed by atoms with E-state index in [1.54, 1.807) is 0 Å². The number of halogens is 2. The number of nitro groups is 1. The number of hydrogen-bond donors (Lipinski definition) is 1. The molecule has 0 amide bonds. The summed E-state index contributed by atoms with van der Waals surface area (Å²) in [6.45, 7) is 0.694. The van der Waals surface area contributed by atoms with Gasteiger partial charge in [-0.15, -0.1) is 0 Å². The van der Waals surface area contributed by atoms with Gasteiger partial charge in [0.1, 0.15) is 11.5 Å². The van der Waals surface area contributed by atoms with Crippen LogP contribution in [0.4, 0.5) is 15.8 Å². The third kappa shape index (κ3) is 3.82. The van der Waals surface area contributed by atoms with Crippen LogP contribution < -0.4 is 5.32 Å². The lowest BCUT2D eigenvalue weighted by Crippen LogP contribution is -2.19. The molecule has 0 unspecified atom stereocenters. The number of hydrogen-bond acceptors (Lipinski definition) is 4. The molecule has 1 aliphatic rings. The molecule has 1 heterocycles. The van der Waals surface area contributed by atoms with Crippen LogP contribution >= 0.6 is 27.7 Å². The number of nitrogens with zero attached hydrogens (tertiary/aromatic N) is 1. The van der Waals surface area contributed by atoms with Crippen LogP contribution in [0, 0.1) is 21.8 Å². The molecule has 1 aromatic rings. The molecule has 19 heavy (non-hydrogen) atoms. The van der Waals surface area contributed by atoms with Crippen molar-refractivity contribution in [1.29, 1.82) is 0 Å². The molecule has 0 atom stereocenters. The van der Waals surface area contributed by atoms with Gasteiger partial charge in [-0.2, -0.15) is 11.8 Å². The van der Waals surface area contributed by atoms with Crippen LogP contribution in [-0.4, -0.2) is 23.0 Å². The van der Waals surface area contributed by atoms with Crippen LogP contribution in [0.2, 0.25) is 0 Å². The van der Waals surface area contributed by atoms with E-state index in [0.717, 1.165) is 30.4 Å². The topological polar surface area (TPSA) is 55.2 Å². The predicted octanol–water partition coefficient (Wildman–Crippen LogP) is 4.05. The first-order valence-electron chi connectivity index (χ1n) is 6.03. The van der Waals surface area contributed by atoms with E-state index < -0.39 is 10.7 Å². The molecule has 0 spiro atoms. The summed E-state index contributed by atoms with van der Waals surface area (Å²) < 4.78 is 13.6. The van der Waals surface area contributed by atoms with Gasteiger partial charge >= 0.3 is 0 Å². The zero-order valence-electron chi connectivity index (χ0n) is 10.2. The van der Waals surface area contributed by atoms with Crippen LogP contribution in [0.3, 0.4) is 0 Å². The van der Waals surface area contributed by atoms with Crippen molar-refractivity contribution in [1.82, 2.24) is 0 Å². The fraction of sp³-hybridized carbons (Fsp3) is 0.500. The Morgan fingerprint density at radius 3 is 2.79 bits per heavy atom. The van der Waals surface area contributed by atoms with Gasteiger partial charge in [0.15, 0.2) is 0 Å². The van der Waals surface area contributed by atoms with Gasteiger partial charge in [0.2, 0.25) is 0 Å². The highest BCUT2D eigenvalue weighted by Gasteiger charge is 2.19. The Morgan fingerprint density at radius 2 is 2.16 bits per heavy atom. The van der Waals surface area contributed by atoms with Gasteiger partial charge in [0.05, 0.1) is 15.5 Å². The molecule has 1 aliphatic heterocycles. The summed E-state index contributed by atoms with van der Waals surface area (Å²) in [7, 11) is 0. The molecule has 7 heteroatoms. The van der Waals surface area contributed by atoms with E-state index in [1.807, 2.05) is 11.8 Å². The predicted molar refractivity (Wildman–Crippen MR) is 79.3 cm³/mol. The lowest BCUT2D eigenvalue weighted by Gasteiger charge is -2.22. The molecule has 0 saturated carbocycles. The Labute approximate surface area is 123 Å². The number of nitrogens with one attached hydrogen (secondary N) is 1. The summed E-state index contributed by atoms with van der Waals surface area (Å²) in [5.74, 6) is 2.19. The van der Waals surface area contributed by atoms with Gasteiger partial charge in [0, 0.05) is 6.54 Å². The summed E-state index contributed by atoms with van der Waals surface area (Å²) in [5.41, 5.74) is 0.155. The first-order chi connectivity index (χ1) is 9.08. The summed E-state index contributed by atoms with van der Waals surface area (Å²) >= 11 is 4.99. The molecule has 1 N–H and O–H groups in total. The minimum Gasteiger partial charge on any atom is -0.379 e. The summed E-state index contributed by atoms with van der Waals surface area (Å²) in [6, 6.07) is 2.38. The number of anilines is 1. The number of nitro benzene ring substituents is 1. The van der Waals surface area contributed by atoms with Crippen molar-refractivity contribution in [2.24, 2.45) is 5.92 Å². The Kier molecular flexibility index (Phi) is 5.04. The minimum absolute atomic E-state index is 0.217. The molecule has 1 fully saturated rings. The third-order valence-corrected chi connectivity index (χ3v) is 4.81. The standard InChI is InChI=1S/C12H14BrFN2O2S/c13-9-5-11(12(16(17)18)6-10(9)14)15-7-8-1-3-19-4-2-8/h5-6,8,15H,1-4,7H2. The van der Waals surface area contributed by atoms with E-state index in [-0.39, 0.29) is 10.2 Å². The van der Waals surface area contributed by atoms with E-state index >= 15 is 0 Å². The lowest BCUT2D eigenvalue weighted by molar-refractivity contribution is -0.384. The lowest BCUT2D eigenvalue weighted by atomic mass is 10.0. The van der Waals surface area contributed by atoms with Crippen LogP contribution in [-0.2, 0) is 0 Å². The van der Waals surface area contributed by atoms with Gasteiger partial charge in [0.25, 0.3) is 5.69 Å². The minimum atomic E-state index is -0.619. The maximum Gasteiger partial charge on any atom is 0.295 e. The Morgan fingerprint density at radius 1 is 1.47 bits per heavy atom. The molecule has 0 radical (unpaired) electrons. The number of thioether (sulfide) groups is 1. The number of benzene rings is 1. The summed E-state index contributed by atoms with van der Waals surface area (Å²) in [6.07, 6.45) is 2.24. The summed E-state index contributed by atoms with van der Waals surface area (Å²) in [5, 5.41) is 14.0. The maximum atomic E-state index is 13.3. The molecular weight excluding hydrogens is 335 g/mol. The second-order valence-corrected chi connectivity index (χ2v) is 6.56. The van der Waals surface area contributed by atoms with E-state index in [9.17, 15) is 14.5 Å². The first kappa shape index (κ1) is 14.6. The zero-order chi connectivity index (χ0) is 13.8. The normalized spacial score (nSPS) is 16.3. The van der Waals surface area contributed by atoms with Crippen molar-refractivity contribution in [3.05, 3.63) is 32.5 Å². The monoisotopic (exact) mass is 348 g/mol. The molecular formula is C12H14BrFN2O2S. The van der Waals surface area contributed by atoms with Gasteiger partial charge < -0.3 is 5.32 Å². The molecule has 0 aromatic heterocycles. The van der Waals surface area contributed by atoms with Crippen LogP contribution in [0.5, 0.6) is 0 Å². The van der Waals surface area contributed by atoms with Crippen molar-refractivity contribution >= 4 is 39.1 Å². The molecule has 0 aliphatic carbocycles. The van der Waals surface area contributed by atoms with Crippen molar-refractivity contribution in [2.45, 2.75) is 12.8 Å². The second kappa shape index (κ2) is 6.56. The Bertz CT molecular complexity index is 481. The Balaban J connectivity index is 2.09. The van der Waals surface area contributed by atoms with Gasteiger partial charge in [-0.3, -0.25) is 10.1 Å². The van der Waals surface area contributed by atoms with E-state index in [0.29, 0.717) is 18.2 Å². The maximum absolute atomic E-state index is 13.3. The van der Waals surface area contributed by atoms with Crippen LogP contribution in [0.15, 0.2) is 16.6 Å². The highest BCUT2D eigenvalue weighted by Crippen LogP contribution is 2.31. The average molecular weight is 349 g/mol. The first-order valence-corrected chi connectivity index (χ1v) is 7.97. The van der Waals surface area contributed by atoms with E-state index in [2.05, 4.69) is 21.2 Å². The van der Waals surface area contributed by atoms with Gasteiger partial charge in [-0.05, 0) is 52.3 Å². The fourth-order valence-electron chi connectivity index (χ4n) is 2.03. The van der Waals surface area contributed by atoms with Crippen LogP contribution in [0.25, 0.3) is 0 Å². The quantitative estimate of drug-likeness (QED) is 0.658. The van der Waals surface area contributed by atoms with Crippen molar-refractivity contribution in [2.75, 3.05) is 23.4 Å². The fourth-order valence-corrected chi connectivity index (χ4v) is 3.58. The molecule has 1 saturated heterocycles. The largest absolute Gasteiger partial charge is 0.379 e. The van der Waals surface area contributed by atoms with E-state index in [1.165, 1.54) is 6.07 Å². The number of rotatable bonds is 4. The average Bonchev–Trinajstić information content (AvgIpc) is 2.40. The van der Waals surface area contributed by atoms with Gasteiger partial charge in [-0.1, -0.05) is 0 Å². The Hall–Kier alpha value is -0.820. The highest BCUT2D eigenvalue weighted by molar-refractivity contribution is 9.10. The molecule has 1 aromatic carbocycles. The van der Waals surface area contributed by atoms with Crippen LogP contribution in [0.1, 0.15) is 12.8 Å². The third-order valence-electron chi connectivity index (χ3n) is 3.16. The molecule has 0 bridgehead atoms. The zero-order valence-corrected chi connectivity index (χ0v) is 12.6. The molecule has 4 nitrogen and oxygen atoms in total. The smallest absolute Gasteiger partial charge is 0.295 e. The van der Waals surface area contributed by atoms with E-state index in [4.69, 9.17) is 0 Å². The van der Waals surface area contributed by atoms with Gasteiger partial charge in [-0.25, -0.2) is 4.39 Å². The molecule has 2 rings (SSSR count). The highest BCUT2D eigenvalue weighted by atomic mass is 79.9.